The third kappa shape index (κ3) is 4.72. The number of aliphatic hydroxyl groups is 2. The van der Waals surface area contributed by atoms with Crippen LogP contribution in [0.1, 0.15) is 18.5 Å². The lowest BCUT2D eigenvalue weighted by atomic mass is 10.1. The summed E-state index contributed by atoms with van der Waals surface area (Å²) in [4.78, 5) is 0. The van der Waals surface area contributed by atoms with E-state index in [1.54, 1.807) is 12.1 Å². The van der Waals surface area contributed by atoms with E-state index in [1.165, 1.54) is 0 Å². The van der Waals surface area contributed by atoms with E-state index < -0.39 is 6.10 Å². The van der Waals surface area contributed by atoms with Crippen molar-refractivity contribution in [2.24, 2.45) is 0 Å². The average molecular weight is 250 g/mol. The Hall–Kier alpha value is -1.61. The molecule has 0 saturated heterocycles. The van der Waals surface area contributed by atoms with Gasteiger partial charge in [0.1, 0.15) is 11.8 Å². The van der Waals surface area contributed by atoms with Crippen LogP contribution in [0.15, 0.2) is 24.3 Å². The van der Waals surface area contributed by atoms with Crippen molar-refractivity contribution in [1.82, 2.24) is 5.32 Å². The third-order valence-electron chi connectivity index (χ3n) is 2.55. The van der Waals surface area contributed by atoms with Gasteiger partial charge < -0.3 is 20.3 Å². The number of nitriles is 1. The lowest BCUT2D eigenvalue weighted by Gasteiger charge is -2.16. The Bertz CT molecular complexity index is 386. The van der Waals surface area contributed by atoms with Gasteiger partial charge in [-0.3, -0.25) is 0 Å². The van der Waals surface area contributed by atoms with Gasteiger partial charge in [0.15, 0.2) is 6.61 Å². The van der Waals surface area contributed by atoms with Crippen molar-refractivity contribution in [3.05, 3.63) is 29.8 Å². The largest absolute Gasteiger partial charge is 0.479 e. The van der Waals surface area contributed by atoms with Crippen molar-refractivity contribution in [3.63, 3.8) is 0 Å². The summed E-state index contributed by atoms with van der Waals surface area (Å²) in [6, 6.07) is 9.37. The molecule has 1 rings (SSSR count). The summed E-state index contributed by atoms with van der Waals surface area (Å²) >= 11 is 0. The minimum atomic E-state index is -0.745. The zero-order chi connectivity index (χ0) is 13.4. The molecular weight excluding hydrogens is 232 g/mol. The normalized spacial score (nSPS) is 13.7. The predicted molar refractivity (Wildman–Crippen MR) is 67.1 cm³/mol. The van der Waals surface area contributed by atoms with Crippen molar-refractivity contribution in [2.45, 2.75) is 19.1 Å². The molecule has 5 nitrogen and oxygen atoms in total. The van der Waals surface area contributed by atoms with Crippen molar-refractivity contribution in [1.29, 1.82) is 5.26 Å². The first-order valence-corrected chi connectivity index (χ1v) is 5.79. The Balaban J connectivity index is 2.48. The average Bonchev–Trinajstić information content (AvgIpc) is 2.42. The highest BCUT2D eigenvalue weighted by molar-refractivity contribution is 5.29. The summed E-state index contributed by atoms with van der Waals surface area (Å²) < 4.78 is 5.15. The number of hydrogen-bond donors (Lipinski definition) is 3. The fourth-order valence-corrected chi connectivity index (χ4v) is 1.46. The van der Waals surface area contributed by atoms with Crippen LogP contribution in [0.5, 0.6) is 5.75 Å². The molecule has 0 fully saturated rings. The van der Waals surface area contributed by atoms with E-state index in [0.717, 1.165) is 5.56 Å². The Morgan fingerprint density at radius 1 is 1.39 bits per heavy atom. The fourth-order valence-electron chi connectivity index (χ4n) is 1.46. The lowest BCUT2D eigenvalue weighted by molar-refractivity contribution is 0.0924. The van der Waals surface area contributed by atoms with Crippen LogP contribution in [-0.4, -0.2) is 36.1 Å². The molecule has 1 aromatic carbocycles. The number of benzene rings is 1. The van der Waals surface area contributed by atoms with Crippen LogP contribution in [0.25, 0.3) is 0 Å². The third-order valence-corrected chi connectivity index (χ3v) is 2.55. The van der Waals surface area contributed by atoms with Crippen LogP contribution in [0.2, 0.25) is 0 Å². The minimum Gasteiger partial charge on any atom is -0.479 e. The van der Waals surface area contributed by atoms with Gasteiger partial charge in [-0.25, -0.2) is 0 Å². The Kier molecular flexibility index (Phi) is 6.15. The molecule has 0 bridgehead atoms. The van der Waals surface area contributed by atoms with Crippen molar-refractivity contribution in [2.75, 3.05) is 19.8 Å². The molecule has 1 aromatic rings. The van der Waals surface area contributed by atoms with Gasteiger partial charge in [-0.1, -0.05) is 12.1 Å². The summed E-state index contributed by atoms with van der Waals surface area (Å²) in [6.45, 7) is 2.09. The van der Waals surface area contributed by atoms with Gasteiger partial charge >= 0.3 is 0 Å². The maximum absolute atomic E-state index is 9.23. The zero-order valence-electron chi connectivity index (χ0n) is 10.3. The second-order valence-electron chi connectivity index (χ2n) is 3.98. The van der Waals surface area contributed by atoms with Crippen LogP contribution in [-0.2, 0) is 0 Å². The van der Waals surface area contributed by atoms with Gasteiger partial charge in [-0.05, 0) is 24.6 Å². The molecular formula is C13H18N2O3. The molecule has 98 valence electrons. The number of hydrogen-bond acceptors (Lipinski definition) is 5. The Labute approximate surface area is 107 Å². The van der Waals surface area contributed by atoms with Gasteiger partial charge in [-0.15, -0.1) is 0 Å². The molecule has 0 aliphatic heterocycles. The van der Waals surface area contributed by atoms with E-state index in [2.05, 4.69) is 5.32 Å². The van der Waals surface area contributed by atoms with Crippen molar-refractivity contribution >= 4 is 0 Å². The van der Waals surface area contributed by atoms with Crippen molar-refractivity contribution < 1.29 is 14.9 Å². The molecule has 0 radical (unpaired) electrons. The van der Waals surface area contributed by atoms with Gasteiger partial charge in [-0.2, -0.15) is 5.26 Å². The number of nitrogens with zero attached hydrogens (tertiary/aromatic N) is 1. The van der Waals surface area contributed by atoms with E-state index in [1.807, 2.05) is 25.1 Å². The van der Waals surface area contributed by atoms with Gasteiger partial charge in [0.25, 0.3) is 0 Å². The first kappa shape index (κ1) is 14.5. The fraction of sp³-hybridized carbons (Fsp3) is 0.462. The quantitative estimate of drug-likeness (QED) is 0.659. The van der Waals surface area contributed by atoms with E-state index in [0.29, 0.717) is 12.3 Å². The summed E-state index contributed by atoms with van der Waals surface area (Å²) in [6.07, 6.45) is -0.745. The van der Waals surface area contributed by atoms with E-state index in [9.17, 15) is 5.11 Å². The Morgan fingerprint density at radius 3 is 2.61 bits per heavy atom. The topological polar surface area (TPSA) is 85.5 Å². The van der Waals surface area contributed by atoms with E-state index in [4.69, 9.17) is 15.1 Å². The maximum atomic E-state index is 9.23. The molecule has 0 amide bonds. The molecule has 18 heavy (non-hydrogen) atoms. The molecule has 2 unspecified atom stereocenters. The number of nitrogens with one attached hydrogen (secondary N) is 1. The number of ether oxygens (including phenoxy) is 1. The lowest BCUT2D eigenvalue weighted by Crippen LogP contribution is -2.31. The van der Waals surface area contributed by atoms with Crippen LogP contribution >= 0.6 is 0 Å². The molecule has 2 atom stereocenters. The molecule has 0 aliphatic rings. The smallest absolute Gasteiger partial charge is 0.174 e. The van der Waals surface area contributed by atoms with Gasteiger partial charge in [0.2, 0.25) is 0 Å². The summed E-state index contributed by atoms with van der Waals surface area (Å²) in [5.41, 5.74) is 1.05. The summed E-state index contributed by atoms with van der Waals surface area (Å²) in [5.74, 6) is 0.655. The Morgan fingerprint density at radius 2 is 2.06 bits per heavy atom. The highest BCUT2D eigenvalue weighted by Gasteiger charge is 2.07. The molecule has 0 aliphatic carbocycles. The SMILES string of the molecule is CC(NCC(O)CO)c1ccc(OCC#N)cc1. The zero-order valence-corrected chi connectivity index (χ0v) is 10.3. The first-order chi connectivity index (χ1) is 8.67. The number of aliphatic hydroxyl groups excluding tert-OH is 2. The van der Waals surface area contributed by atoms with E-state index >= 15 is 0 Å². The standard InChI is InChI=1S/C13H18N2O3/c1-10(15-8-12(17)9-16)11-2-4-13(5-3-11)18-7-6-14/h2-5,10,12,15-17H,7-9H2,1H3. The highest BCUT2D eigenvalue weighted by Crippen LogP contribution is 2.17. The van der Waals surface area contributed by atoms with Gasteiger partial charge in [0.05, 0.1) is 12.7 Å². The minimum absolute atomic E-state index is 0.0375. The molecule has 5 heteroatoms. The molecule has 0 aromatic heterocycles. The van der Waals surface area contributed by atoms with Crippen LogP contribution < -0.4 is 10.1 Å². The van der Waals surface area contributed by atoms with Crippen LogP contribution in [0.3, 0.4) is 0 Å². The van der Waals surface area contributed by atoms with E-state index in [-0.39, 0.29) is 19.3 Å². The summed E-state index contributed by atoms with van der Waals surface area (Å²) in [7, 11) is 0. The van der Waals surface area contributed by atoms with Gasteiger partial charge in [0, 0.05) is 12.6 Å². The summed E-state index contributed by atoms with van der Waals surface area (Å²) in [5, 5.41) is 29.4. The molecule has 0 heterocycles. The second kappa shape index (κ2) is 7.67. The monoisotopic (exact) mass is 250 g/mol. The molecule has 0 saturated carbocycles. The maximum Gasteiger partial charge on any atom is 0.174 e. The first-order valence-electron chi connectivity index (χ1n) is 5.79. The van der Waals surface area contributed by atoms with Crippen LogP contribution in [0.4, 0.5) is 0 Å². The number of rotatable bonds is 7. The highest BCUT2D eigenvalue weighted by atomic mass is 16.5. The van der Waals surface area contributed by atoms with Crippen molar-refractivity contribution in [3.8, 4) is 11.8 Å². The molecule has 3 N–H and O–H groups in total. The second-order valence-corrected chi connectivity index (χ2v) is 3.98. The molecule has 0 spiro atoms. The predicted octanol–water partition coefficient (Wildman–Crippen LogP) is 0.593. The van der Waals surface area contributed by atoms with Crippen LogP contribution in [0, 0.1) is 11.3 Å².